The third-order valence-corrected chi connectivity index (χ3v) is 11.1. The van der Waals surface area contributed by atoms with Crippen LogP contribution in [0.2, 0.25) is 0 Å². The highest BCUT2D eigenvalue weighted by Gasteiger charge is 2.52. The van der Waals surface area contributed by atoms with Gasteiger partial charge in [0, 0.05) is 44.6 Å². The zero-order valence-electron chi connectivity index (χ0n) is 26.4. The summed E-state index contributed by atoms with van der Waals surface area (Å²) in [5.74, 6) is -2.48. The Morgan fingerprint density at radius 1 is 1.00 bits per heavy atom. The minimum Gasteiger partial charge on any atom is -0.444 e. The third kappa shape index (κ3) is 7.23. The summed E-state index contributed by atoms with van der Waals surface area (Å²) in [5.41, 5.74) is 6.40. The summed E-state index contributed by atoms with van der Waals surface area (Å²) in [6.45, 7) is 7.50. The van der Waals surface area contributed by atoms with Crippen molar-refractivity contribution in [1.82, 2.24) is 14.1 Å². The van der Waals surface area contributed by atoms with Crippen molar-refractivity contribution < 1.29 is 31.9 Å². The monoisotopic (exact) mass is 642 g/mol. The molecule has 10 nitrogen and oxygen atoms in total. The molecule has 45 heavy (non-hydrogen) atoms. The number of carbonyl (C=O) groups is 3. The molecule has 0 spiro atoms. The number of primary amides is 1. The first-order valence-corrected chi connectivity index (χ1v) is 17.0. The van der Waals surface area contributed by atoms with Crippen LogP contribution in [0.1, 0.15) is 52.0 Å². The highest BCUT2D eigenvalue weighted by Crippen LogP contribution is 2.44. The van der Waals surface area contributed by atoms with E-state index < -0.39 is 45.4 Å². The molecule has 12 heteroatoms. The van der Waals surface area contributed by atoms with Crippen LogP contribution in [-0.4, -0.2) is 91.2 Å². The number of ether oxygens (including phenoxy) is 1. The molecule has 1 aliphatic carbocycles. The number of nitrogens with two attached hydrogens (primary N) is 1. The van der Waals surface area contributed by atoms with Crippen LogP contribution in [0.4, 0.5) is 9.18 Å². The molecule has 4 atom stereocenters. The average molecular weight is 643 g/mol. The Morgan fingerprint density at radius 3 is 2.24 bits per heavy atom. The molecule has 2 amide bonds. The Kier molecular flexibility index (Phi) is 9.40. The van der Waals surface area contributed by atoms with Crippen molar-refractivity contribution in [1.29, 1.82) is 0 Å². The molecule has 0 unspecified atom stereocenters. The molecule has 0 aromatic heterocycles. The Labute approximate surface area is 264 Å². The average Bonchev–Trinajstić information content (AvgIpc) is 3.59. The maximum absolute atomic E-state index is 15.4. The maximum Gasteiger partial charge on any atom is 0.411 e. The lowest BCUT2D eigenvalue weighted by Gasteiger charge is -2.36. The summed E-state index contributed by atoms with van der Waals surface area (Å²) < 4.78 is 48.6. The van der Waals surface area contributed by atoms with Gasteiger partial charge in [0.1, 0.15) is 11.4 Å². The van der Waals surface area contributed by atoms with Gasteiger partial charge in [-0.05, 0) is 94.3 Å². The highest BCUT2D eigenvalue weighted by molar-refractivity contribution is 7.89. The van der Waals surface area contributed by atoms with E-state index >= 15 is 4.39 Å². The SMILES string of the molecule is CN1CCN(S(=O)(=O)c2ccc(-c3ccc(C[C@H](CC(=O)[C@@H]4[C@H]5CC[C@H](C5)N4C(=O)OC(C)(C)C)C(N)=O)c(F)c3)cc2)CC1. The molecule has 2 saturated heterocycles. The van der Waals surface area contributed by atoms with Crippen molar-refractivity contribution in [2.45, 2.75) is 75.5 Å². The van der Waals surface area contributed by atoms with Gasteiger partial charge in [-0.3, -0.25) is 14.5 Å². The van der Waals surface area contributed by atoms with E-state index in [4.69, 9.17) is 10.5 Å². The van der Waals surface area contributed by atoms with Crippen LogP contribution in [0.3, 0.4) is 0 Å². The number of amides is 2. The Balaban J connectivity index is 1.27. The number of ketones is 1. The Hall–Kier alpha value is -3.35. The normalized spacial score (nSPS) is 23.2. The molecule has 2 bridgehead atoms. The van der Waals surface area contributed by atoms with E-state index in [1.807, 2.05) is 7.05 Å². The van der Waals surface area contributed by atoms with Crippen LogP contribution in [0.25, 0.3) is 11.1 Å². The van der Waals surface area contributed by atoms with Gasteiger partial charge in [-0.25, -0.2) is 17.6 Å². The van der Waals surface area contributed by atoms with Gasteiger partial charge in [-0.15, -0.1) is 0 Å². The standard InChI is InChI=1S/C33H43FN4O6S/c1-33(2,3)44-32(41)38-26-10-7-24(18-26)30(38)29(39)20-25(31(35)40)17-23-6-5-22(19-28(23)34)21-8-11-27(12-9-21)45(42,43)37-15-13-36(4)14-16-37/h5-6,8-9,11-12,19,24-26,30H,7,10,13-18,20H2,1-4H3,(H2,35,40)/t24-,25+,26+,30-/m0/s1. The van der Waals surface area contributed by atoms with Crippen molar-refractivity contribution in [3.8, 4) is 11.1 Å². The van der Waals surface area contributed by atoms with Gasteiger partial charge in [0.15, 0.2) is 5.78 Å². The zero-order valence-corrected chi connectivity index (χ0v) is 27.2. The number of likely N-dealkylation sites (tertiary alicyclic amines) is 1. The van der Waals surface area contributed by atoms with Crippen LogP contribution in [0, 0.1) is 17.7 Å². The van der Waals surface area contributed by atoms with Crippen molar-refractivity contribution in [2.75, 3.05) is 33.2 Å². The number of nitrogens with zero attached hydrogens (tertiary/aromatic N) is 3. The van der Waals surface area contributed by atoms with E-state index in [9.17, 15) is 22.8 Å². The first kappa shape index (κ1) is 33.0. The molecule has 2 aliphatic heterocycles. The number of hydrogen-bond donors (Lipinski definition) is 1. The van der Waals surface area contributed by atoms with Crippen LogP contribution < -0.4 is 5.73 Å². The smallest absolute Gasteiger partial charge is 0.411 e. The zero-order chi connectivity index (χ0) is 32.7. The number of carbonyl (C=O) groups excluding carboxylic acids is 3. The topological polar surface area (TPSA) is 130 Å². The molecule has 3 fully saturated rings. The number of piperidine rings is 1. The van der Waals surface area contributed by atoms with Gasteiger partial charge < -0.3 is 15.4 Å². The second-order valence-electron chi connectivity index (χ2n) is 13.6. The van der Waals surface area contributed by atoms with E-state index in [0.29, 0.717) is 37.3 Å². The fourth-order valence-corrected chi connectivity index (χ4v) is 8.19. The molecule has 2 N–H and O–H groups in total. The first-order chi connectivity index (χ1) is 21.1. The third-order valence-electron chi connectivity index (χ3n) is 9.18. The summed E-state index contributed by atoms with van der Waals surface area (Å²) in [6.07, 6.45) is 1.54. The minimum atomic E-state index is -3.62. The summed E-state index contributed by atoms with van der Waals surface area (Å²) >= 11 is 0. The van der Waals surface area contributed by atoms with Crippen LogP contribution in [-0.2, 0) is 30.8 Å². The van der Waals surface area contributed by atoms with E-state index in [0.717, 1.165) is 19.3 Å². The number of sulfonamides is 1. The molecule has 1 saturated carbocycles. The second-order valence-corrected chi connectivity index (χ2v) is 15.5. The highest BCUT2D eigenvalue weighted by atomic mass is 32.2. The van der Waals surface area contributed by atoms with Gasteiger partial charge in [-0.2, -0.15) is 4.31 Å². The van der Waals surface area contributed by atoms with E-state index in [-0.39, 0.29) is 41.0 Å². The number of halogens is 1. The molecule has 2 aromatic carbocycles. The fourth-order valence-electron chi connectivity index (χ4n) is 6.77. The Bertz CT molecular complexity index is 1550. The quantitative estimate of drug-likeness (QED) is 0.440. The summed E-state index contributed by atoms with van der Waals surface area (Å²) in [7, 11) is -1.67. The fraction of sp³-hybridized carbons (Fsp3) is 0.545. The molecule has 2 heterocycles. The number of likely N-dealkylation sites (N-methyl/N-ethyl adjacent to an activating group) is 1. The molecular formula is C33H43FN4O6S. The number of fused-ring (bicyclic) bond motifs is 2. The number of benzene rings is 2. The lowest BCUT2D eigenvalue weighted by atomic mass is 9.86. The number of rotatable bonds is 9. The number of hydrogen-bond acceptors (Lipinski definition) is 7. The van der Waals surface area contributed by atoms with Gasteiger partial charge in [-0.1, -0.05) is 24.3 Å². The molecule has 0 radical (unpaired) electrons. The van der Waals surface area contributed by atoms with Crippen LogP contribution in [0.5, 0.6) is 0 Å². The van der Waals surface area contributed by atoms with E-state index in [1.165, 1.54) is 27.4 Å². The number of piperazine rings is 1. The molecular weight excluding hydrogens is 599 g/mol. The number of Topliss-reactive ketones (excluding diaryl/α,β-unsaturated/α-hetero) is 1. The van der Waals surface area contributed by atoms with Crippen molar-refractivity contribution >= 4 is 27.8 Å². The predicted molar refractivity (Wildman–Crippen MR) is 167 cm³/mol. The van der Waals surface area contributed by atoms with Crippen molar-refractivity contribution in [3.05, 3.63) is 53.8 Å². The maximum atomic E-state index is 15.4. The largest absolute Gasteiger partial charge is 0.444 e. The first-order valence-electron chi connectivity index (χ1n) is 15.5. The minimum absolute atomic E-state index is 0.00231. The van der Waals surface area contributed by atoms with E-state index in [1.54, 1.807) is 45.0 Å². The molecule has 244 valence electrons. The molecule has 3 aliphatic rings. The van der Waals surface area contributed by atoms with Gasteiger partial charge in [0.2, 0.25) is 15.9 Å². The van der Waals surface area contributed by atoms with Crippen molar-refractivity contribution in [2.24, 2.45) is 17.6 Å². The molecule has 5 rings (SSSR count). The Morgan fingerprint density at radius 2 is 1.64 bits per heavy atom. The summed E-state index contributed by atoms with van der Waals surface area (Å²) in [5, 5.41) is 0. The van der Waals surface area contributed by atoms with Crippen molar-refractivity contribution in [3.63, 3.8) is 0 Å². The van der Waals surface area contributed by atoms with Gasteiger partial charge in [0.25, 0.3) is 0 Å². The predicted octanol–water partition coefficient (Wildman–Crippen LogP) is 3.82. The lowest BCUT2D eigenvalue weighted by molar-refractivity contribution is -0.131. The lowest BCUT2D eigenvalue weighted by Crippen LogP contribution is -2.51. The summed E-state index contributed by atoms with van der Waals surface area (Å²) in [4.78, 5) is 42.8. The second kappa shape index (κ2) is 12.8. The van der Waals surface area contributed by atoms with Gasteiger partial charge in [0.05, 0.1) is 10.9 Å². The summed E-state index contributed by atoms with van der Waals surface area (Å²) in [6, 6.07) is 10.2. The van der Waals surface area contributed by atoms with Crippen LogP contribution in [0.15, 0.2) is 47.4 Å². The van der Waals surface area contributed by atoms with Crippen LogP contribution >= 0.6 is 0 Å². The van der Waals surface area contributed by atoms with E-state index in [2.05, 4.69) is 4.90 Å². The molecule has 2 aromatic rings. The van der Waals surface area contributed by atoms with Gasteiger partial charge >= 0.3 is 6.09 Å².